The van der Waals surface area contributed by atoms with Crippen molar-refractivity contribution < 1.29 is 9.53 Å². The van der Waals surface area contributed by atoms with Gasteiger partial charge in [0.25, 0.3) is 0 Å². The summed E-state index contributed by atoms with van der Waals surface area (Å²) < 4.78 is 5.83. The topological polar surface area (TPSA) is 29.5 Å². The van der Waals surface area contributed by atoms with Gasteiger partial charge in [-0.05, 0) is 32.9 Å². The quantitative estimate of drug-likeness (QED) is 0.763. The molecule has 0 radical (unpaired) electrons. The summed E-state index contributed by atoms with van der Waals surface area (Å²) in [6, 6.07) is 0. The molecule has 1 aliphatic rings. The van der Waals surface area contributed by atoms with Crippen LogP contribution in [0.2, 0.25) is 0 Å². The second kappa shape index (κ2) is 8.06. The fourth-order valence-electron chi connectivity index (χ4n) is 2.17. The molecule has 0 heterocycles. The summed E-state index contributed by atoms with van der Waals surface area (Å²) in [4.78, 5) is 13.8. The van der Waals surface area contributed by atoms with E-state index in [0.29, 0.717) is 24.2 Å². The number of ether oxygens (including phenoxy) is 1. The number of carbonyl (C=O) groups excluding carboxylic acids is 1. The second-order valence-electron chi connectivity index (χ2n) is 5.55. The number of halogens is 1. The van der Waals surface area contributed by atoms with Gasteiger partial charge in [-0.2, -0.15) is 0 Å². The minimum absolute atomic E-state index is 0. The van der Waals surface area contributed by atoms with Gasteiger partial charge in [0.15, 0.2) is 0 Å². The van der Waals surface area contributed by atoms with Crippen molar-refractivity contribution in [1.82, 2.24) is 4.90 Å². The fourth-order valence-corrected chi connectivity index (χ4v) is 2.17. The van der Waals surface area contributed by atoms with E-state index in [9.17, 15) is 4.79 Å². The van der Waals surface area contributed by atoms with Crippen molar-refractivity contribution in [1.29, 1.82) is 0 Å². The van der Waals surface area contributed by atoms with E-state index >= 15 is 0 Å². The normalized spacial score (nSPS) is 25.2. The number of nitrogens with zero attached hydrogens (tertiary/aromatic N) is 1. The standard InChI is InChI=1S/C13H25NO2.ClH/c1-10(2)9-16-12-5-6-13(15)11(7-12)8-14(3)4;/h10-12H,5-9H2,1-4H3;1H. The monoisotopic (exact) mass is 263 g/mol. The Labute approximate surface area is 111 Å². The van der Waals surface area contributed by atoms with Crippen molar-refractivity contribution in [2.45, 2.75) is 39.2 Å². The zero-order chi connectivity index (χ0) is 12.1. The molecular weight excluding hydrogens is 238 g/mol. The Morgan fingerprint density at radius 1 is 1.41 bits per heavy atom. The van der Waals surface area contributed by atoms with Gasteiger partial charge in [-0.3, -0.25) is 4.79 Å². The Morgan fingerprint density at radius 2 is 2.06 bits per heavy atom. The Bertz CT molecular complexity index is 231. The van der Waals surface area contributed by atoms with Crippen LogP contribution in [0.1, 0.15) is 33.1 Å². The van der Waals surface area contributed by atoms with Gasteiger partial charge in [0.05, 0.1) is 6.10 Å². The van der Waals surface area contributed by atoms with E-state index in [1.165, 1.54) is 0 Å². The lowest BCUT2D eigenvalue weighted by Gasteiger charge is -2.30. The average molecular weight is 264 g/mol. The highest BCUT2D eigenvalue weighted by atomic mass is 35.5. The third-order valence-corrected chi connectivity index (χ3v) is 2.97. The van der Waals surface area contributed by atoms with Crippen molar-refractivity contribution in [3.8, 4) is 0 Å². The predicted molar refractivity (Wildman–Crippen MR) is 72.7 cm³/mol. The third-order valence-electron chi connectivity index (χ3n) is 2.97. The molecule has 0 saturated heterocycles. The lowest BCUT2D eigenvalue weighted by Crippen LogP contribution is -2.36. The van der Waals surface area contributed by atoms with Gasteiger partial charge in [0.2, 0.25) is 0 Å². The zero-order valence-electron chi connectivity index (χ0n) is 11.4. The molecular formula is C13H26ClNO2. The second-order valence-corrected chi connectivity index (χ2v) is 5.55. The minimum atomic E-state index is 0. The first-order chi connectivity index (χ1) is 7.49. The Kier molecular flexibility index (Phi) is 8.01. The van der Waals surface area contributed by atoms with Crippen molar-refractivity contribution in [2.24, 2.45) is 11.8 Å². The van der Waals surface area contributed by atoms with E-state index in [1.54, 1.807) is 0 Å². The minimum Gasteiger partial charge on any atom is -0.378 e. The molecule has 2 atom stereocenters. The van der Waals surface area contributed by atoms with Crippen molar-refractivity contribution in [3.05, 3.63) is 0 Å². The lowest BCUT2D eigenvalue weighted by atomic mass is 9.85. The van der Waals surface area contributed by atoms with Crippen LogP contribution < -0.4 is 0 Å². The first kappa shape index (κ1) is 16.9. The van der Waals surface area contributed by atoms with Crippen molar-refractivity contribution >= 4 is 18.2 Å². The van der Waals surface area contributed by atoms with Gasteiger partial charge in [0, 0.05) is 25.5 Å². The molecule has 0 aliphatic heterocycles. The van der Waals surface area contributed by atoms with Crippen LogP contribution in [-0.4, -0.2) is 44.0 Å². The third kappa shape index (κ3) is 6.39. The number of rotatable bonds is 5. The molecule has 2 unspecified atom stereocenters. The first-order valence-corrected chi connectivity index (χ1v) is 6.28. The van der Waals surface area contributed by atoms with Gasteiger partial charge in [-0.15, -0.1) is 12.4 Å². The van der Waals surface area contributed by atoms with E-state index in [4.69, 9.17) is 4.74 Å². The van der Waals surface area contributed by atoms with Gasteiger partial charge in [-0.1, -0.05) is 13.8 Å². The molecule has 4 heteroatoms. The maximum atomic E-state index is 11.7. The predicted octanol–water partition coefficient (Wildman–Crippen LogP) is 2.38. The molecule has 0 amide bonds. The van der Waals surface area contributed by atoms with E-state index in [-0.39, 0.29) is 18.3 Å². The van der Waals surface area contributed by atoms with E-state index in [0.717, 1.165) is 26.0 Å². The Morgan fingerprint density at radius 3 is 2.59 bits per heavy atom. The summed E-state index contributed by atoms with van der Waals surface area (Å²) in [7, 11) is 4.04. The molecule has 1 aliphatic carbocycles. The molecule has 0 bridgehead atoms. The maximum Gasteiger partial charge on any atom is 0.137 e. The van der Waals surface area contributed by atoms with Crippen molar-refractivity contribution in [2.75, 3.05) is 27.2 Å². The van der Waals surface area contributed by atoms with Crippen molar-refractivity contribution in [3.63, 3.8) is 0 Å². The van der Waals surface area contributed by atoms with Gasteiger partial charge >= 0.3 is 0 Å². The van der Waals surface area contributed by atoms with Crippen LogP contribution in [0.25, 0.3) is 0 Å². The summed E-state index contributed by atoms with van der Waals surface area (Å²) in [6.45, 7) is 5.99. The highest BCUT2D eigenvalue weighted by Crippen LogP contribution is 2.24. The van der Waals surface area contributed by atoms with Crippen LogP contribution in [0.3, 0.4) is 0 Å². The molecule has 0 aromatic carbocycles. The van der Waals surface area contributed by atoms with Crippen LogP contribution in [0.4, 0.5) is 0 Å². The molecule has 0 aromatic heterocycles. The van der Waals surface area contributed by atoms with Crippen LogP contribution in [-0.2, 0) is 9.53 Å². The molecule has 1 saturated carbocycles. The van der Waals surface area contributed by atoms with Gasteiger partial charge in [-0.25, -0.2) is 0 Å². The summed E-state index contributed by atoms with van der Waals surface area (Å²) >= 11 is 0. The van der Waals surface area contributed by atoms with E-state index < -0.39 is 0 Å². The van der Waals surface area contributed by atoms with Crippen LogP contribution in [0, 0.1) is 11.8 Å². The lowest BCUT2D eigenvalue weighted by molar-refractivity contribution is -0.129. The molecule has 3 nitrogen and oxygen atoms in total. The highest BCUT2D eigenvalue weighted by Gasteiger charge is 2.29. The van der Waals surface area contributed by atoms with E-state index in [1.807, 2.05) is 14.1 Å². The van der Waals surface area contributed by atoms with E-state index in [2.05, 4.69) is 18.7 Å². The summed E-state index contributed by atoms with van der Waals surface area (Å²) in [5.41, 5.74) is 0. The van der Waals surface area contributed by atoms with Crippen LogP contribution in [0.5, 0.6) is 0 Å². The largest absolute Gasteiger partial charge is 0.378 e. The molecule has 0 spiro atoms. The molecule has 1 rings (SSSR count). The Hall–Kier alpha value is -0.120. The first-order valence-electron chi connectivity index (χ1n) is 6.28. The average Bonchev–Trinajstić information content (AvgIpc) is 2.18. The summed E-state index contributed by atoms with van der Waals surface area (Å²) in [5, 5.41) is 0. The SMILES string of the molecule is CC(C)COC1CCC(=O)C(CN(C)C)C1.Cl. The number of hydrogen-bond donors (Lipinski definition) is 0. The molecule has 17 heavy (non-hydrogen) atoms. The molecule has 102 valence electrons. The highest BCUT2D eigenvalue weighted by molar-refractivity contribution is 5.85. The van der Waals surface area contributed by atoms with Crippen LogP contribution in [0.15, 0.2) is 0 Å². The molecule has 0 N–H and O–H groups in total. The van der Waals surface area contributed by atoms with Crippen LogP contribution >= 0.6 is 12.4 Å². The number of carbonyl (C=O) groups is 1. The number of ketones is 1. The number of Topliss-reactive ketones (excluding diaryl/α,β-unsaturated/α-hetero) is 1. The Balaban J connectivity index is 0.00000256. The smallest absolute Gasteiger partial charge is 0.137 e. The number of hydrogen-bond acceptors (Lipinski definition) is 3. The molecule has 0 aromatic rings. The summed E-state index contributed by atoms with van der Waals surface area (Å²) in [6.07, 6.45) is 2.81. The van der Waals surface area contributed by atoms with Gasteiger partial charge < -0.3 is 9.64 Å². The molecule has 1 fully saturated rings. The van der Waals surface area contributed by atoms with Gasteiger partial charge in [0.1, 0.15) is 5.78 Å². The summed E-state index contributed by atoms with van der Waals surface area (Å²) in [5.74, 6) is 1.17. The fraction of sp³-hybridized carbons (Fsp3) is 0.923. The zero-order valence-corrected chi connectivity index (χ0v) is 12.3. The maximum absolute atomic E-state index is 11.7.